The second-order valence-corrected chi connectivity index (χ2v) is 16.2. The van der Waals surface area contributed by atoms with Crippen molar-refractivity contribution in [1.82, 2.24) is 15.1 Å². The molecule has 1 fully saturated rings. The fraction of sp³-hybridized carbons (Fsp3) is 0.870. The Morgan fingerprint density at radius 1 is 0.569 bits per heavy atom. The molecule has 1 aliphatic carbocycles. The van der Waals surface area contributed by atoms with Crippen LogP contribution in [-0.2, 0) is 9.59 Å². The lowest BCUT2D eigenvalue weighted by Gasteiger charge is -2.50. The highest BCUT2D eigenvalue weighted by molar-refractivity contribution is 5.93. The second kappa shape index (κ2) is 33.0. The quantitative estimate of drug-likeness (QED) is 0.0519. The number of amides is 2. The van der Waals surface area contributed by atoms with E-state index in [-0.39, 0.29) is 17.7 Å². The molecule has 0 saturated heterocycles. The number of hydrogen-bond acceptors (Lipinski definition) is 3. The van der Waals surface area contributed by atoms with Crippen LogP contribution in [0, 0.1) is 5.92 Å². The fourth-order valence-corrected chi connectivity index (χ4v) is 7.62. The van der Waals surface area contributed by atoms with E-state index in [0.29, 0.717) is 6.54 Å². The molecule has 5 nitrogen and oxygen atoms in total. The molecular formula is C46H87N3O2. The van der Waals surface area contributed by atoms with Gasteiger partial charge in [-0.25, -0.2) is 0 Å². The standard InChI is InChI=1S/C46H87N3O2/c1-6-9-12-15-18-21-22-23-24-27-30-33-40-47-45(51)46(38-34-39-46)49(42-35-41-48(4)5)44(50)43(36-31-28-25-19-16-13-10-7-2)37-32-29-26-20-17-14-11-8-3/h19-20,25-26,43H,6-18,21-24,27-42H2,1-5H3,(H,47,51)/b25-19-,26-20-. The summed E-state index contributed by atoms with van der Waals surface area (Å²) in [6, 6.07) is 0. The van der Waals surface area contributed by atoms with Crippen molar-refractivity contribution in [3.63, 3.8) is 0 Å². The van der Waals surface area contributed by atoms with E-state index in [1.165, 1.54) is 109 Å². The SMILES string of the molecule is CCCCC/C=C\CCCC(CCC/C=C\CCCCC)C(=O)N(CCCN(C)C)C1(C(=O)NCCCCCCCCCCCCCC)CCC1. The van der Waals surface area contributed by atoms with Crippen LogP contribution in [-0.4, -0.2) is 60.9 Å². The molecule has 0 atom stereocenters. The molecule has 1 rings (SSSR count). The van der Waals surface area contributed by atoms with Crippen LogP contribution in [0.2, 0.25) is 0 Å². The van der Waals surface area contributed by atoms with Gasteiger partial charge in [-0.1, -0.05) is 141 Å². The summed E-state index contributed by atoms with van der Waals surface area (Å²) in [5, 5.41) is 3.33. The summed E-state index contributed by atoms with van der Waals surface area (Å²) >= 11 is 0. The number of carbonyl (C=O) groups is 2. The smallest absolute Gasteiger partial charge is 0.245 e. The molecule has 0 heterocycles. The topological polar surface area (TPSA) is 52.7 Å². The predicted octanol–water partition coefficient (Wildman–Crippen LogP) is 12.7. The summed E-state index contributed by atoms with van der Waals surface area (Å²) in [6.45, 7) is 9.13. The Bertz CT molecular complexity index is 852. The maximum Gasteiger partial charge on any atom is 0.245 e. The first-order valence-corrected chi connectivity index (χ1v) is 22.5. The first kappa shape index (κ1) is 47.4. The van der Waals surface area contributed by atoms with Gasteiger partial charge in [0.2, 0.25) is 11.8 Å². The van der Waals surface area contributed by atoms with E-state index in [1.807, 2.05) is 0 Å². The minimum absolute atomic E-state index is 0.00652. The summed E-state index contributed by atoms with van der Waals surface area (Å²) in [4.78, 5) is 32.9. The van der Waals surface area contributed by atoms with Gasteiger partial charge >= 0.3 is 0 Å². The third-order valence-corrected chi connectivity index (χ3v) is 11.2. The van der Waals surface area contributed by atoms with Crippen molar-refractivity contribution in [2.75, 3.05) is 33.7 Å². The van der Waals surface area contributed by atoms with Crippen LogP contribution < -0.4 is 5.32 Å². The number of nitrogens with one attached hydrogen (secondary N) is 1. The monoisotopic (exact) mass is 714 g/mol. The van der Waals surface area contributed by atoms with Gasteiger partial charge < -0.3 is 15.1 Å². The highest BCUT2D eigenvalue weighted by Crippen LogP contribution is 2.40. The van der Waals surface area contributed by atoms with E-state index < -0.39 is 5.54 Å². The summed E-state index contributed by atoms with van der Waals surface area (Å²) < 4.78 is 0. The van der Waals surface area contributed by atoms with Crippen LogP contribution in [0.3, 0.4) is 0 Å². The van der Waals surface area contributed by atoms with E-state index in [9.17, 15) is 9.59 Å². The van der Waals surface area contributed by atoms with Crippen LogP contribution >= 0.6 is 0 Å². The van der Waals surface area contributed by atoms with Gasteiger partial charge in [0.05, 0.1) is 0 Å². The Balaban J connectivity index is 2.79. The summed E-state index contributed by atoms with van der Waals surface area (Å²) in [5.74, 6) is 0.347. The van der Waals surface area contributed by atoms with E-state index in [2.05, 4.69) is 74.3 Å². The molecule has 0 spiro atoms. The lowest BCUT2D eigenvalue weighted by atomic mass is 9.73. The third kappa shape index (κ3) is 22.9. The average Bonchev–Trinajstić information content (AvgIpc) is 3.10. The molecule has 0 unspecified atom stereocenters. The van der Waals surface area contributed by atoms with Crippen molar-refractivity contribution in [3.05, 3.63) is 24.3 Å². The molecule has 0 bridgehead atoms. The number of hydrogen-bond donors (Lipinski definition) is 1. The van der Waals surface area contributed by atoms with Gasteiger partial charge in [0.25, 0.3) is 0 Å². The number of allylic oxidation sites excluding steroid dienone is 4. The number of unbranched alkanes of at least 4 members (excludes halogenated alkanes) is 19. The Morgan fingerprint density at radius 2 is 1.00 bits per heavy atom. The minimum Gasteiger partial charge on any atom is -0.354 e. The number of rotatable bonds is 36. The minimum atomic E-state index is -0.656. The van der Waals surface area contributed by atoms with Gasteiger partial charge in [0.1, 0.15) is 5.54 Å². The molecule has 51 heavy (non-hydrogen) atoms. The van der Waals surface area contributed by atoms with E-state index in [0.717, 1.165) is 96.6 Å². The average molecular weight is 714 g/mol. The van der Waals surface area contributed by atoms with Crippen molar-refractivity contribution < 1.29 is 9.59 Å². The van der Waals surface area contributed by atoms with Crippen LogP contribution in [0.15, 0.2) is 24.3 Å². The molecule has 2 amide bonds. The highest BCUT2D eigenvalue weighted by Gasteiger charge is 2.51. The molecule has 0 aromatic carbocycles. The lowest BCUT2D eigenvalue weighted by molar-refractivity contribution is -0.157. The van der Waals surface area contributed by atoms with E-state index >= 15 is 0 Å². The van der Waals surface area contributed by atoms with Crippen LogP contribution in [0.25, 0.3) is 0 Å². The molecule has 0 radical (unpaired) electrons. The van der Waals surface area contributed by atoms with Crippen LogP contribution in [0.5, 0.6) is 0 Å². The molecule has 5 heteroatoms. The van der Waals surface area contributed by atoms with Gasteiger partial charge in [0.15, 0.2) is 0 Å². The first-order valence-electron chi connectivity index (χ1n) is 22.5. The third-order valence-electron chi connectivity index (χ3n) is 11.2. The van der Waals surface area contributed by atoms with Crippen molar-refractivity contribution >= 4 is 11.8 Å². The number of nitrogens with zero attached hydrogens (tertiary/aromatic N) is 2. The summed E-state index contributed by atoms with van der Waals surface area (Å²) in [7, 11) is 4.20. The molecule has 0 aromatic rings. The second-order valence-electron chi connectivity index (χ2n) is 16.2. The Hall–Kier alpha value is -1.62. The van der Waals surface area contributed by atoms with Crippen molar-refractivity contribution in [2.45, 2.75) is 219 Å². The molecule has 1 N–H and O–H groups in total. The van der Waals surface area contributed by atoms with Crippen LogP contribution in [0.1, 0.15) is 213 Å². The Kier molecular flexibility index (Phi) is 30.7. The lowest BCUT2D eigenvalue weighted by Crippen LogP contribution is -2.65. The highest BCUT2D eigenvalue weighted by atomic mass is 16.2. The molecular weight excluding hydrogens is 627 g/mol. The molecule has 298 valence electrons. The molecule has 1 saturated carbocycles. The van der Waals surface area contributed by atoms with Gasteiger partial charge in [-0.05, 0) is 117 Å². The Labute approximate surface area is 318 Å². The van der Waals surface area contributed by atoms with Crippen molar-refractivity contribution in [3.8, 4) is 0 Å². The maximum atomic E-state index is 14.6. The van der Waals surface area contributed by atoms with Crippen LogP contribution in [0.4, 0.5) is 0 Å². The first-order chi connectivity index (χ1) is 24.9. The van der Waals surface area contributed by atoms with Crippen molar-refractivity contribution in [1.29, 1.82) is 0 Å². The zero-order valence-corrected chi connectivity index (χ0v) is 34.9. The van der Waals surface area contributed by atoms with E-state index in [1.54, 1.807) is 0 Å². The van der Waals surface area contributed by atoms with E-state index in [4.69, 9.17) is 0 Å². The zero-order valence-electron chi connectivity index (χ0n) is 34.9. The van der Waals surface area contributed by atoms with Gasteiger partial charge in [-0.15, -0.1) is 0 Å². The summed E-state index contributed by atoms with van der Waals surface area (Å²) in [6.07, 6.45) is 44.7. The fourth-order valence-electron chi connectivity index (χ4n) is 7.62. The van der Waals surface area contributed by atoms with Gasteiger partial charge in [-0.2, -0.15) is 0 Å². The number of carbonyl (C=O) groups excluding carboxylic acids is 2. The van der Waals surface area contributed by atoms with Gasteiger partial charge in [0, 0.05) is 19.0 Å². The zero-order chi connectivity index (χ0) is 37.3. The molecule has 0 aromatic heterocycles. The Morgan fingerprint density at radius 3 is 1.43 bits per heavy atom. The maximum absolute atomic E-state index is 14.6. The predicted molar refractivity (Wildman–Crippen MR) is 223 cm³/mol. The summed E-state index contributed by atoms with van der Waals surface area (Å²) in [5.41, 5.74) is -0.656. The van der Waals surface area contributed by atoms with Crippen molar-refractivity contribution in [2.24, 2.45) is 5.92 Å². The molecule has 0 aliphatic heterocycles. The largest absolute Gasteiger partial charge is 0.354 e. The van der Waals surface area contributed by atoms with Gasteiger partial charge in [-0.3, -0.25) is 9.59 Å². The normalized spacial score (nSPS) is 14.3. The molecule has 1 aliphatic rings.